The molecule has 2 aromatic heterocycles. The highest BCUT2D eigenvalue weighted by atomic mass is 32.2. The lowest BCUT2D eigenvalue weighted by Crippen LogP contribution is -2.42. The van der Waals surface area contributed by atoms with Gasteiger partial charge in [0.05, 0.1) is 40.8 Å². The molecular formula is C27H25N7O4S2. The molecular weight excluding hydrogens is 550 g/mol. The second-order valence-corrected chi connectivity index (χ2v) is 12.3. The first-order chi connectivity index (χ1) is 19.1. The van der Waals surface area contributed by atoms with Crippen molar-refractivity contribution in [2.45, 2.75) is 36.9 Å². The van der Waals surface area contributed by atoms with Gasteiger partial charge in [0, 0.05) is 17.7 Å². The lowest BCUT2D eigenvalue weighted by molar-refractivity contribution is -0.118. The maximum absolute atomic E-state index is 13.5. The predicted octanol–water partition coefficient (Wildman–Crippen LogP) is 3.90. The summed E-state index contributed by atoms with van der Waals surface area (Å²) >= 11 is 2.34. The third kappa shape index (κ3) is 5.11. The van der Waals surface area contributed by atoms with Crippen LogP contribution in [0.15, 0.2) is 74.1 Å². The number of anilines is 2. The molecule has 204 valence electrons. The van der Waals surface area contributed by atoms with E-state index in [0.717, 1.165) is 11.8 Å². The van der Waals surface area contributed by atoms with Crippen molar-refractivity contribution in [1.29, 1.82) is 5.26 Å². The molecule has 1 atom stereocenters. The molecule has 0 fully saturated rings. The summed E-state index contributed by atoms with van der Waals surface area (Å²) in [6.45, 7) is 4.01. The number of hydrogen-bond acceptors (Lipinski definition) is 11. The standard InChI is InChI=1S/C27H25N7O4S2/c1-27(2)10-17-22(18(35)11-27)21(19-8-5-9-38-19)15(12-28)23(29)34(17)25-32-33-26(40-25)39-13-20(36)31-16-7-4-3-6-14(16)24(30)37/h3-9,21H,10-11,13,29H2,1-2H3,(H2,30,37)(H,31,36). The molecule has 0 spiro atoms. The van der Waals surface area contributed by atoms with Gasteiger partial charge >= 0.3 is 0 Å². The normalized spacial score (nSPS) is 18.4. The number of thioether (sulfide) groups is 1. The highest BCUT2D eigenvalue weighted by Gasteiger charge is 2.46. The van der Waals surface area contributed by atoms with Crippen LogP contribution < -0.4 is 21.7 Å². The van der Waals surface area contributed by atoms with Crippen molar-refractivity contribution < 1.29 is 18.8 Å². The van der Waals surface area contributed by atoms with E-state index in [0.29, 0.717) is 45.0 Å². The van der Waals surface area contributed by atoms with Crippen LogP contribution in [-0.2, 0) is 9.59 Å². The Morgan fingerprint density at radius 1 is 1.25 bits per heavy atom. The van der Waals surface area contributed by atoms with Crippen LogP contribution in [-0.4, -0.2) is 33.5 Å². The van der Waals surface area contributed by atoms with E-state index in [1.54, 1.807) is 35.2 Å². The number of amides is 2. The largest absolute Gasteiger partial charge is 0.468 e. The van der Waals surface area contributed by atoms with Gasteiger partial charge in [0.25, 0.3) is 5.91 Å². The molecule has 2 amide bonds. The van der Waals surface area contributed by atoms with E-state index >= 15 is 0 Å². The summed E-state index contributed by atoms with van der Waals surface area (Å²) in [5.41, 5.74) is 13.5. The topological polar surface area (TPSA) is 181 Å². The molecule has 0 saturated carbocycles. The van der Waals surface area contributed by atoms with Gasteiger partial charge < -0.3 is 21.2 Å². The summed E-state index contributed by atoms with van der Waals surface area (Å²) in [5, 5.41) is 21.7. The lowest BCUT2D eigenvalue weighted by Gasteiger charge is -2.42. The Bertz CT molecular complexity index is 1620. The van der Waals surface area contributed by atoms with Gasteiger partial charge in [0.1, 0.15) is 11.6 Å². The van der Waals surface area contributed by atoms with E-state index in [1.807, 2.05) is 13.8 Å². The number of nitrogens with zero attached hydrogens (tertiary/aromatic N) is 4. The van der Waals surface area contributed by atoms with E-state index in [-0.39, 0.29) is 39.8 Å². The molecule has 1 aliphatic carbocycles. The van der Waals surface area contributed by atoms with Crippen LogP contribution in [0.25, 0.3) is 0 Å². The van der Waals surface area contributed by atoms with Crippen molar-refractivity contribution in [3.8, 4) is 6.07 Å². The van der Waals surface area contributed by atoms with Gasteiger partial charge in [-0.25, -0.2) is 0 Å². The Labute approximate surface area is 237 Å². The minimum Gasteiger partial charge on any atom is -0.468 e. The summed E-state index contributed by atoms with van der Waals surface area (Å²) in [7, 11) is 0. The number of para-hydroxylation sites is 1. The maximum Gasteiger partial charge on any atom is 0.250 e. The summed E-state index contributed by atoms with van der Waals surface area (Å²) in [5.74, 6) is -1.16. The van der Waals surface area contributed by atoms with E-state index in [2.05, 4.69) is 21.6 Å². The van der Waals surface area contributed by atoms with Gasteiger partial charge in [-0.2, -0.15) is 5.26 Å². The second-order valence-electron chi connectivity index (χ2n) is 10.1. The second kappa shape index (κ2) is 10.6. The van der Waals surface area contributed by atoms with Crippen LogP contribution in [0.1, 0.15) is 48.7 Å². The van der Waals surface area contributed by atoms with Crippen molar-refractivity contribution in [3.05, 3.63) is 76.6 Å². The number of furan rings is 1. The van der Waals surface area contributed by atoms with Gasteiger partial charge in [-0.15, -0.1) is 10.2 Å². The van der Waals surface area contributed by atoms with Crippen molar-refractivity contribution >= 4 is 51.5 Å². The number of primary amides is 1. The number of ketones is 1. The van der Waals surface area contributed by atoms with Gasteiger partial charge in [-0.1, -0.05) is 49.1 Å². The van der Waals surface area contributed by atoms with Crippen molar-refractivity contribution in [2.24, 2.45) is 16.9 Å². The zero-order chi connectivity index (χ0) is 28.6. The number of hydrogen-bond donors (Lipinski definition) is 3. The average molecular weight is 576 g/mol. The number of nitrogens with two attached hydrogens (primary N) is 2. The number of carbonyl (C=O) groups excluding carboxylic acids is 3. The molecule has 1 aliphatic heterocycles. The zero-order valence-electron chi connectivity index (χ0n) is 21.6. The summed E-state index contributed by atoms with van der Waals surface area (Å²) in [6, 6.07) is 12.1. The summed E-state index contributed by atoms with van der Waals surface area (Å²) in [6.07, 6.45) is 2.34. The molecule has 0 saturated heterocycles. The number of nitrogens with one attached hydrogen (secondary N) is 1. The minimum absolute atomic E-state index is 0.00344. The molecule has 0 radical (unpaired) electrons. The maximum atomic E-state index is 13.5. The smallest absolute Gasteiger partial charge is 0.250 e. The predicted molar refractivity (Wildman–Crippen MR) is 150 cm³/mol. The third-order valence-corrected chi connectivity index (χ3v) is 8.63. The fourth-order valence-electron chi connectivity index (χ4n) is 4.94. The zero-order valence-corrected chi connectivity index (χ0v) is 23.3. The van der Waals surface area contributed by atoms with E-state index in [9.17, 15) is 19.6 Å². The Hall–Kier alpha value is -4.41. The fourth-order valence-corrected chi connectivity index (χ4v) is 6.62. The molecule has 1 aromatic carbocycles. The third-order valence-electron chi connectivity index (χ3n) is 6.59. The highest BCUT2D eigenvalue weighted by molar-refractivity contribution is 8.01. The Morgan fingerprint density at radius 3 is 2.73 bits per heavy atom. The Balaban J connectivity index is 1.43. The lowest BCUT2D eigenvalue weighted by atomic mass is 9.69. The molecule has 0 bridgehead atoms. The van der Waals surface area contributed by atoms with E-state index in [4.69, 9.17) is 15.9 Å². The van der Waals surface area contributed by atoms with Gasteiger partial charge in [-0.3, -0.25) is 19.3 Å². The van der Waals surface area contributed by atoms with Crippen molar-refractivity contribution in [2.75, 3.05) is 16.0 Å². The number of allylic oxidation sites excluding steroid dienone is 3. The van der Waals surface area contributed by atoms with Crippen LogP contribution in [0.3, 0.4) is 0 Å². The minimum atomic E-state index is -0.705. The molecule has 3 aromatic rings. The fraction of sp³-hybridized carbons (Fsp3) is 0.259. The first-order valence-corrected chi connectivity index (χ1v) is 14.0. The first-order valence-electron chi connectivity index (χ1n) is 12.2. The Kier molecular flexibility index (Phi) is 7.22. The first kappa shape index (κ1) is 27.2. The molecule has 3 heterocycles. The SMILES string of the molecule is CC1(C)CC(=O)C2=C(C1)N(c1nnc(SCC(=O)Nc3ccccc3C(N)=O)s1)C(N)=C(C#N)C2c1ccco1. The van der Waals surface area contributed by atoms with Gasteiger partial charge in [0.2, 0.25) is 11.0 Å². The number of nitriles is 1. The molecule has 5 N–H and O–H groups in total. The molecule has 1 unspecified atom stereocenters. The van der Waals surface area contributed by atoms with Crippen molar-refractivity contribution in [1.82, 2.24) is 10.2 Å². The number of aromatic nitrogens is 2. The number of rotatable bonds is 7. The molecule has 2 aliphatic rings. The van der Waals surface area contributed by atoms with Gasteiger partial charge in [0.15, 0.2) is 10.1 Å². The quantitative estimate of drug-likeness (QED) is 0.349. The number of Topliss-reactive ketones (excluding diaryl/α,β-unsaturated/α-hetero) is 1. The molecule has 40 heavy (non-hydrogen) atoms. The Morgan fingerprint density at radius 2 is 2.02 bits per heavy atom. The van der Waals surface area contributed by atoms with E-state index < -0.39 is 11.8 Å². The van der Waals surface area contributed by atoms with Crippen molar-refractivity contribution in [3.63, 3.8) is 0 Å². The summed E-state index contributed by atoms with van der Waals surface area (Å²) < 4.78 is 6.11. The van der Waals surface area contributed by atoms with Crippen LogP contribution >= 0.6 is 23.1 Å². The molecule has 13 heteroatoms. The average Bonchev–Trinajstić information content (AvgIpc) is 3.59. The van der Waals surface area contributed by atoms with E-state index in [1.165, 1.54) is 23.7 Å². The summed E-state index contributed by atoms with van der Waals surface area (Å²) in [4.78, 5) is 39.3. The van der Waals surface area contributed by atoms with Crippen LogP contribution in [0.2, 0.25) is 0 Å². The number of carbonyl (C=O) groups is 3. The van der Waals surface area contributed by atoms with Gasteiger partial charge in [-0.05, 0) is 36.1 Å². The molecule has 5 rings (SSSR count). The molecule has 11 nitrogen and oxygen atoms in total. The number of benzene rings is 1. The monoisotopic (exact) mass is 575 g/mol. The van der Waals surface area contributed by atoms with Crippen LogP contribution in [0, 0.1) is 16.7 Å². The highest BCUT2D eigenvalue weighted by Crippen LogP contribution is 2.50. The van der Waals surface area contributed by atoms with Crippen LogP contribution in [0.5, 0.6) is 0 Å². The van der Waals surface area contributed by atoms with Crippen LogP contribution in [0.4, 0.5) is 10.8 Å².